The van der Waals surface area contributed by atoms with Crippen molar-refractivity contribution < 1.29 is 14.3 Å². The van der Waals surface area contributed by atoms with Crippen LogP contribution in [0.5, 0.6) is 0 Å². The lowest BCUT2D eigenvalue weighted by molar-refractivity contribution is 0.0487. The van der Waals surface area contributed by atoms with Gasteiger partial charge in [0.2, 0.25) is 0 Å². The molecule has 1 fully saturated rings. The summed E-state index contributed by atoms with van der Waals surface area (Å²) >= 11 is 7.60. The standard InChI is InChI=1S/C18H21ClN2O3S/c1-23-10-16-21-15(11-25-16)17(22)20-12-18(5-7-24-8-6-18)13-3-2-4-14(19)9-13/h2-4,9,11H,5-8,10,12H2,1H3,(H,20,22). The zero-order chi connectivity index (χ0) is 17.7. The number of ether oxygens (including phenoxy) is 2. The van der Waals surface area contributed by atoms with E-state index in [1.807, 2.05) is 18.2 Å². The Kier molecular flexibility index (Phi) is 6.06. The van der Waals surface area contributed by atoms with Crippen LogP contribution >= 0.6 is 22.9 Å². The molecule has 134 valence electrons. The minimum absolute atomic E-state index is 0.161. The second kappa shape index (κ2) is 8.27. The Morgan fingerprint density at radius 3 is 2.96 bits per heavy atom. The summed E-state index contributed by atoms with van der Waals surface area (Å²) in [6, 6.07) is 7.87. The van der Waals surface area contributed by atoms with Crippen LogP contribution in [0.15, 0.2) is 29.6 Å². The maximum absolute atomic E-state index is 12.5. The fourth-order valence-corrected chi connectivity index (χ4v) is 4.03. The third kappa shape index (κ3) is 4.39. The summed E-state index contributed by atoms with van der Waals surface area (Å²) in [5.41, 5.74) is 1.41. The van der Waals surface area contributed by atoms with Crippen molar-refractivity contribution in [3.8, 4) is 0 Å². The molecule has 25 heavy (non-hydrogen) atoms. The third-order valence-electron chi connectivity index (χ3n) is 4.53. The number of methoxy groups -OCH3 is 1. The van der Waals surface area contributed by atoms with Gasteiger partial charge in [-0.05, 0) is 30.5 Å². The molecule has 1 saturated heterocycles. The quantitative estimate of drug-likeness (QED) is 0.834. The predicted molar refractivity (Wildman–Crippen MR) is 98.3 cm³/mol. The first-order valence-electron chi connectivity index (χ1n) is 8.18. The van der Waals surface area contributed by atoms with Crippen molar-refractivity contribution in [1.29, 1.82) is 0 Å². The zero-order valence-corrected chi connectivity index (χ0v) is 15.7. The molecule has 0 unspecified atom stereocenters. The number of thiazole rings is 1. The molecule has 0 spiro atoms. The Balaban J connectivity index is 1.73. The van der Waals surface area contributed by atoms with Crippen molar-refractivity contribution in [3.05, 3.63) is 50.9 Å². The van der Waals surface area contributed by atoms with Gasteiger partial charge in [0.05, 0.1) is 6.61 Å². The minimum atomic E-state index is -0.163. The lowest BCUT2D eigenvalue weighted by Crippen LogP contribution is -2.44. The molecule has 0 bridgehead atoms. The number of carbonyl (C=O) groups is 1. The van der Waals surface area contributed by atoms with Crippen LogP contribution in [0.25, 0.3) is 0 Å². The summed E-state index contributed by atoms with van der Waals surface area (Å²) in [5, 5.41) is 6.31. The normalized spacial score (nSPS) is 16.6. The molecule has 3 rings (SSSR count). The molecule has 1 aromatic heterocycles. The topological polar surface area (TPSA) is 60.5 Å². The minimum Gasteiger partial charge on any atom is -0.381 e. The summed E-state index contributed by atoms with van der Waals surface area (Å²) in [6.07, 6.45) is 1.69. The Hall–Kier alpha value is -1.47. The highest BCUT2D eigenvalue weighted by Crippen LogP contribution is 2.35. The van der Waals surface area contributed by atoms with Gasteiger partial charge in [0.1, 0.15) is 10.7 Å². The molecule has 5 nitrogen and oxygen atoms in total. The van der Waals surface area contributed by atoms with Crippen LogP contribution in [0.4, 0.5) is 0 Å². The van der Waals surface area contributed by atoms with Crippen LogP contribution in [-0.2, 0) is 21.5 Å². The van der Waals surface area contributed by atoms with E-state index in [4.69, 9.17) is 21.1 Å². The predicted octanol–water partition coefficient (Wildman–Crippen LogP) is 3.42. The number of rotatable bonds is 6. The maximum atomic E-state index is 12.5. The summed E-state index contributed by atoms with van der Waals surface area (Å²) in [6.45, 7) is 2.31. The van der Waals surface area contributed by atoms with Gasteiger partial charge in [-0.2, -0.15) is 0 Å². The van der Waals surface area contributed by atoms with Crippen LogP contribution in [0.3, 0.4) is 0 Å². The molecule has 1 aliphatic rings. The fraction of sp³-hybridized carbons (Fsp3) is 0.444. The number of carbonyl (C=O) groups excluding carboxylic acids is 1. The van der Waals surface area contributed by atoms with Gasteiger partial charge in [0.15, 0.2) is 0 Å². The Labute approximate surface area is 156 Å². The van der Waals surface area contributed by atoms with Crippen molar-refractivity contribution >= 4 is 28.8 Å². The maximum Gasteiger partial charge on any atom is 0.270 e. The van der Waals surface area contributed by atoms with Gasteiger partial charge in [-0.15, -0.1) is 11.3 Å². The number of nitrogens with one attached hydrogen (secondary N) is 1. The first kappa shape index (κ1) is 18.3. The van der Waals surface area contributed by atoms with E-state index in [0.29, 0.717) is 37.1 Å². The Morgan fingerprint density at radius 2 is 2.24 bits per heavy atom. The van der Waals surface area contributed by atoms with E-state index in [2.05, 4.69) is 16.4 Å². The number of aromatic nitrogens is 1. The van der Waals surface area contributed by atoms with Gasteiger partial charge in [-0.3, -0.25) is 4.79 Å². The fourth-order valence-electron chi connectivity index (χ4n) is 3.09. The van der Waals surface area contributed by atoms with Crippen LogP contribution in [0, 0.1) is 0 Å². The molecule has 1 aromatic carbocycles. The van der Waals surface area contributed by atoms with Crippen molar-refractivity contribution in [3.63, 3.8) is 0 Å². The monoisotopic (exact) mass is 380 g/mol. The molecule has 1 amide bonds. The van der Waals surface area contributed by atoms with E-state index in [9.17, 15) is 4.79 Å². The van der Waals surface area contributed by atoms with Gasteiger partial charge in [-0.25, -0.2) is 4.98 Å². The average molecular weight is 381 g/mol. The zero-order valence-electron chi connectivity index (χ0n) is 14.1. The Morgan fingerprint density at radius 1 is 1.44 bits per heavy atom. The number of hydrogen-bond donors (Lipinski definition) is 1. The first-order chi connectivity index (χ1) is 12.1. The van der Waals surface area contributed by atoms with E-state index in [-0.39, 0.29) is 11.3 Å². The second-order valence-electron chi connectivity index (χ2n) is 6.15. The van der Waals surface area contributed by atoms with Crippen molar-refractivity contribution in [2.75, 3.05) is 26.9 Å². The van der Waals surface area contributed by atoms with Crippen molar-refractivity contribution in [1.82, 2.24) is 10.3 Å². The van der Waals surface area contributed by atoms with E-state index in [1.54, 1.807) is 12.5 Å². The highest BCUT2D eigenvalue weighted by atomic mass is 35.5. The second-order valence-corrected chi connectivity index (χ2v) is 7.52. The lowest BCUT2D eigenvalue weighted by atomic mass is 9.74. The summed E-state index contributed by atoms with van der Waals surface area (Å²) in [4.78, 5) is 16.8. The average Bonchev–Trinajstić information content (AvgIpc) is 3.10. The van der Waals surface area contributed by atoms with Crippen LogP contribution < -0.4 is 5.32 Å². The number of nitrogens with zero attached hydrogens (tertiary/aromatic N) is 1. The molecule has 1 N–H and O–H groups in total. The third-order valence-corrected chi connectivity index (χ3v) is 5.58. The highest BCUT2D eigenvalue weighted by molar-refractivity contribution is 7.09. The summed E-state index contributed by atoms with van der Waals surface area (Å²) in [7, 11) is 1.61. The van der Waals surface area contributed by atoms with Gasteiger partial charge >= 0.3 is 0 Å². The number of amides is 1. The largest absolute Gasteiger partial charge is 0.381 e. The van der Waals surface area contributed by atoms with E-state index in [1.165, 1.54) is 11.3 Å². The van der Waals surface area contributed by atoms with Gasteiger partial charge in [0, 0.05) is 42.7 Å². The Bertz CT molecular complexity index is 729. The van der Waals surface area contributed by atoms with Crippen molar-refractivity contribution in [2.45, 2.75) is 24.9 Å². The van der Waals surface area contributed by atoms with Crippen LogP contribution in [0.1, 0.15) is 33.9 Å². The molecule has 0 saturated carbocycles. The highest BCUT2D eigenvalue weighted by Gasteiger charge is 2.35. The van der Waals surface area contributed by atoms with E-state index >= 15 is 0 Å². The molecule has 0 atom stereocenters. The van der Waals surface area contributed by atoms with Crippen molar-refractivity contribution in [2.24, 2.45) is 0 Å². The first-order valence-corrected chi connectivity index (χ1v) is 9.44. The SMILES string of the molecule is COCc1nc(C(=O)NCC2(c3cccc(Cl)c3)CCOCC2)cs1. The molecular weight excluding hydrogens is 360 g/mol. The molecule has 2 aromatic rings. The smallest absolute Gasteiger partial charge is 0.270 e. The van der Waals surface area contributed by atoms with Gasteiger partial charge < -0.3 is 14.8 Å². The van der Waals surface area contributed by atoms with Gasteiger partial charge in [-0.1, -0.05) is 23.7 Å². The number of benzene rings is 1. The van der Waals surface area contributed by atoms with E-state index in [0.717, 1.165) is 23.4 Å². The molecular formula is C18H21ClN2O3S. The lowest BCUT2D eigenvalue weighted by Gasteiger charge is -2.38. The van der Waals surface area contributed by atoms with Crippen LogP contribution in [-0.4, -0.2) is 37.8 Å². The number of halogens is 1. The molecule has 2 heterocycles. The molecule has 0 radical (unpaired) electrons. The molecule has 1 aliphatic heterocycles. The molecule has 7 heteroatoms. The number of hydrogen-bond acceptors (Lipinski definition) is 5. The summed E-state index contributed by atoms with van der Waals surface area (Å²) < 4.78 is 10.6. The van der Waals surface area contributed by atoms with Crippen LogP contribution in [0.2, 0.25) is 5.02 Å². The summed E-state index contributed by atoms with van der Waals surface area (Å²) in [5.74, 6) is -0.161. The van der Waals surface area contributed by atoms with Gasteiger partial charge in [0.25, 0.3) is 5.91 Å². The molecule has 0 aliphatic carbocycles. The van der Waals surface area contributed by atoms with E-state index < -0.39 is 0 Å².